The molecule has 1 fully saturated rings. The van der Waals surface area contributed by atoms with Gasteiger partial charge in [0.1, 0.15) is 12.6 Å². The molecule has 1 aromatic rings. The number of carbonyl (C=O) groups is 1. The topological polar surface area (TPSA) is 53.3 Å². The Morgan fingerprint density at radius 3 is 2.62 bits per heavy atom. The van der Waals surface area contributed by atoms with Crippen LogP contribution >= 0.6 is 0 Å². The van der Waals surface area contributed by atoms with Crippen molar-refractivity contribution in [1.82, 2.24) is 0 Å². The Morgan fingerprint density at radius 2 is 2.05 bits per heavy atom. The molecule has 21 heavy (non-hydrogen) atoms. The number of benzene rings is 1. The highest BCUT2D eigenvalue weighted by molar-refractivity contribution is 5.96. The van der Waals surface area contributed by atoms with Gasteiger partial charge in [0.05, 0.1) is 12.2 Å². The number of carbonyl (C=O) groups excluding carboxylic acids is 1. The third-order valence-corrected chi connectivity index (χ3v) is 3.87. The van der Waals surface area contributed by atoms with Gasteiger partial charge in [0.15, 0.2) is 0 Å². The van der Waals surface area contributed by atoms with E-state index in [1.807, 2.05) is 37.3 Å². The molecule has 1 aliphatic rings. The predicted molar refractivity (Wildman–Crippen MR) is 81.8 cm³/mol. The Labute approximate surface area is 126 Å². The number of amides is 1. The normalized spacial score (nSPS) is 16.4. The first kappa shape index (κ1) is 15.5. The second-order valence-corrected chi connectivity index (χ2v) is 5.36. The molecule has 0 aliphatic heterocycles. The summed E-state index contributed by atoms with van der Waals surface area (Å²) < 4.78 is 5.97. The van der Waals surface area contributed by atoms with Crippen LogP contribution in [-0.2, 0) is 9.53 Å². The summed E-state index contributed by atoms with van der Waals surface area (Å²) in [6, 6.07) is 11.4. The first-order chi connectivity index (χ1) is 10.3. The summed E-state index contributed by atoms with van der Waals surface area (Å²) in [6.07, 6.45) is 4.79. The molecule has 0 N–H and O–H groups in total. The molecule has 0 radical (unpaired) electrons. The Kier molecular flexibility index (Phi) is 5.77. The molecule has 0 spiro atoms. The molecule has 4 nitrogen and oxygen atoms in total. The van der Waals surface area contributed by atoms with E-state index in [-0.39, 0.29) is 18.6 Å². The highest BCUT2D eigenvalue weighted by Gasteiger charge is 2.28. The molecular formula is C17H22N2O2. The van der Waals surface area contributed by atoms with Crippen molar-refractivity contribution in [3.63, 3.8) is 0 Å². The molecule has 112 valence electrons. The molecule has 2 rings (SSSR count). The molecular weight excluding hydrogens is 264 g/mol. The van der Waals surface area contributed by atoms with Crippen LogP contribution < -0.4 is 4.90 Å². The summed E-state index contributed by atoms with van der Waals surface area (Å²) in [5, 5.41) is 9.00. The third kappa shape index (κ3) is 4.05. The summed E-state index contributed by atoms with van der Waals surface area (Å²) in [6.45, 7) is 2.00. The lowest BCUT2D eigenvalue weighted by molar-refractivity contribution is -0.133. The van der Waals surface area contributed by atoms with Gasteiger partial charge >= 0.3 is 0 Å². The summed E-state index contributed by atoms with van der Waals surface area (Å²) in [5.74, 6) is -0.114. The van der Waals surface area contributed by atoms with Crippen molar-refractivity contribution in [2.45, 2.75) is 51.2 Å². The zero-order chi connectivity index (χ0) is 15.1. The van der Waals surface area contributed by atoms with Gasteiger partial charge in [-0.3, -0.25) is 9.69 Å². The maximum absolute atomic E-state index is 12.7. The van der Waals surface area contributed by atoms with Crippen LogP contribution in [0.3, 0.4) is 0 Å². The molecule has 4 heteroatoms. The van der Waals surface area contributed by atoms with Crippen LogP contribution in [0.25, 0.3) is 0 Å². The van der Waals surface area contributed by atoms with Gasteiger partial charge in [-0.25, -0.2) is 0 Å². The largest absolute Gasteiger partial charge is 0.365 e. The van der Waals surface area contributed by atoms with Gasteiger partial charge in [-0.2, -0.15) is 5.26 Å². The maximum atomic E-state index is 12.7. The van der Waals surface area contributed by atoms with Crippen LogP contribution in [0, 0.1) is 11.3 Å². The van der Waals surface area contributed by atoms with Gasteiger partial charge < -0.3 is 4.74 Å². The van der Waals surface area contributed by atoms with E-state index in [9.17, 15) is 4.79 Å². The number of hydrogen-bond donors (Lipinski definition) is 0. The van der Waals surface area contributed by atoms with Gasteiger partial charge in [-0.1, -0.05) is 38.0 Å². The summed E-state index contributed by atoms with van der Waals surface area (Å²) in [5.41, 5.74) is 0.748. The Balaban J connectivity index is 2.10. The molecule has 0 saturated heterocycles. The molecule has 1 atom stereocenters. The summed E-state index contributed by atoms with van der Waals surface area (Å²) in [4.78, 5) is 14.2. The van der Waals surface area contributed by atoms with Crippen molar-refractivity contribution in [2.75, 3.05) is 11.4 Å². The number of nitriles is 1. The van der Waals surface area contributed by atoms with Gasteiger partial charge in [-0.15, -0.1) is 0 Å². The molecule has 0 aromatic heterocycles. The van der Waals surface area contributed by atoms with Crippen LogP contribution in [-0.4, -0.2) is 24.7 Å². The molecule has 1 saturated carbocycles. The fourth-order valence-electron chi connectivity index (χ4n) is 2.73. The van der Waals surface area contributed by atoms with Crippen molar-refractivity contribution in [2.24, 2.45) is 0 Å². The fraction of sp³-hybridized carbons (Fsp3) is 0.529. The Bertz CT molecular complexity index is 489. The van der Waals surface area contributed by atoms with Crippen molar-refractivity contribution in [3.05, 3.63) is 30.3 Å². The number of para-hydroxylation sites is 1. The quantitative estimate of drug-likeness (QED) is 0.754. The van der Waals surface area contributed by atoms with Crippen molar-refractivity contribution in [3.8, 4) is 6.07 Å². The number of ether oxygens (including phenoxy) is 1. The SMILES string of the molecule is CCC(OC1CCCC1)C(=O)N(CC#N)c1ccccc1. The highest BCUT2D eigenvalue weighted by atomic mass is 16.5. The molecule has 1 aromatic carbocycles. The highest BCUT2D eigenvalue weighted by Crippen LogP contribution is 2.24. The molecule has 0 bridgehead atoms. The van der Waals surface area contributed by atoms with Crippen LogP contribution in [0.4, 0.5) is 5.69 Å². The molecule has 1 aliphatic carbocycles. The Hall–Kier alpha value is -1.86. The van der Waals surface area contributed by atoms with Crippen molar-refractivity contribution < 1.29 is 9.53 Å². The number of hydrogen-bond acceptors (Lipinski definition) is 3. The van der Waals surface area contributed by atoms with Crippen molar-refractivity contribution in [1.29, 1.82) is 5.26 Å². The molecule has 0 heterocycles. The second kappa shape index (κ2) is 7.80. The standard InChI is InChI=1S/C17H22N2O2/c1-2-16(21-15-10-6-7-11-15)17(20)19(13-12-18)14-8-4-3-5-9-14/h3-5,8-9,15-16H,2,6-7,10-11,13H2,1H3. The van der Waals surface area contributed by atoms with Gasteiger partial charge in [0.25, 0.3) is 5.91 Å². The first-order valence-corrected chi connectivity index (χ1v) is 7.65. The number of nitrogens with zero attached hydrogens (tertiary/aromatic N) is 2. The minimum atomic E-state index is -0.457. The predicted octanol–water partition coefficient (Wildman–Crippen LogP) is 3.28. The number of rotatable bonds is 6. The van der Waals surface area contributed by atoms with Crippen LogP contribution in [0.5, 0.6) is 0 Å². The average Bonchev–Trinajstić information content (AvgIpc) is 3.03. The minimum absolute atomic E-state index is 0.0490. The lowest BCUT2D eigenvalue weighted by Crippen LogP contribution is -2.42. The van der Waals surface area contributed by atoms with E-state index in [4.69, 9.17) is 10.00 Å². The lowest BCUT2D eigenvalue weighted by atomic mass is 10.2. The van der Waals surface area contributed by atoms with Crippen LogP contribution in [0.15, 0.2) is 30.3 Å². The second-order valence-electron chi connectivity index (χ2n) is 5.36. The summed E-state index contributed by atoms with van der Waals surface area (Å²) >= 11 is 0. The van der Waals surface area contributed by atoms with Crippen molar-refractivity contribution >= 4 is 11.6 Å². The van der Waals surface area contributed by atoms with Gasteiger partial charge in [-0.05, 0) is 31.4 Å². The van der Waals surface area contributed by atoms with Gasteiger partial charge in [0.2, 0.25) is 0 Å². The molecule has 1 unspecified atom stereocenters. The first-order valence-electron chi connectivity index (χ1n) is 7.65. The van der Waals surface area contributed by atoms with Gasteiger partial charge in [0, 0.05) is 5.69 Å². The molecule has 1 amide bonds. The smallest absolute Gasteiger partial charge is 0.257 e. The fourth-order valence-corrected chi connectivity index (χ4v) is 2.73. The van der Waals surface area contributed by atoms with E-state index in [1.165, 1.54) is 17.7 Å². The van der Waals surface area contributed by atoms with E-state index in [2.05, 4.69) is 6.07 Å². The zero-order valence-corrected chi connectivity index (χ0v) is 12.5. The third-order valence-electron chi connectivity index (χ3n) is 3.87. The lowest BCUT2D eigenvalue weighted by Gasteiger charge is -2.27. The number of anilines is 1. The maximum Gasteiger partial charge on any atom is 0.257 e. The van der Waals surface area contributed by atoms with E-state index in [1.54, 1.807) is 0 Å². The summed E-state index contributed by atoms with van der Waals surface area (Å²) in [7, 11) is 0. The minimum Gasteiger partial charge on any atom is -0.365 e. The van der Waals surface area contributed by atoms with Crippen LogP contribution in [0.2, 0.25) is 0 Å². The monoisotopic (exact) mass is 286 g/mol. The van der Waals surface area contributed by atoms with E-state index in [0.29, 0.717) is 6.42 Å². The van der Waals surface area contributed by atoms with Crippen LogP contribution in [0.1, 0.15) is 39.0 Å². The van der Waals surface area contributed by atoms with E-state index < -0.39 is 6.10 Å². The Morgan fingerprint density at radius 1 is 1.38 bits per heavy atom. The van der Waals surface area contributed by atoms with E-state index in [0.717, 1.165) is 18.5 Å². The zero-order valence-electron chi connectivity index (χ0n) is 12.5. The average molecular weight is 286 g/mol. The van der Waals surface area contributed by atoms with E-state index >= 15 is 0 Å².